The molecule has 2 aliphatic rings. The van der Waals surface area contributed by atoms with E-state index in [2.05, 4.69) is 5.32 Å². The van der Waals surface area contributed by atoms with Gasteiger partial charge in [0.1, 0.15) is 25.5 Å². The third-order valence-corrected chi connectivity index (χ3v) is 8.12. The highest BCUT2D eigenvalue weighted by Crippen LogP contribution is 2.30. The highest BCUT2D eigenvalue weighted by atomic mass is 35.5. The smallest absolute Gasteiger partial charge is 0.302 e. The van der Waals surface area contributed by atoms with E-state index < -0.39 is 11.9 Å². The van der Waals surface area contributed by atoms with Gasteiger partial charge in [0.05, 0.1) is 35.9 Å². The number of hydrogen-bond donors (Lipinski definition) is 1. The minimum atomic E-state index is -0.456. The Bertz CT molecular complexity index is 1530. The molecule has 3 aromatic rings. The summed E-state index contributed by atoms with van der Waals surface area (Å²) in [6.45, 7) is 1.77. The van der Waals surface area contributed by atoms with Crippen LogP contribution in [0.2, 0.25) is 5.02 Å². The second kappa shape index (κ2) is 15.0. The summed E-state index contributed by atoms with van der Waals surface area (Å²) in [6, 6.07) is 21.6. The third kappa shape index (κ3) is 8.40. The second-order valence-electron chi connectivity index (χ2n) is 11.0. The van der Waals surface area contributed by atoms with Gasteiger partial charge in [-0.1, -0.05) is 60.1 Å². The number of nitrogens with one attached hydrogen (secondary N) is 1. The first kappa shape index (κ1) is 32.0. The van der Waals surface area contributed by atoms with Crippen LogP contribution in [0.1, 0.15) is 47.7 Å². The summed E-state index contributed by atoms with van der Waals surface area (Å²) >= 11 is 6.49. The molecule has 1 saturated carbocycles. The molecule has 1 unspecified atom stereocenters. The highest BCUT2D eigenvalue weighted by molar-refractivity contribution is 6.34. The Kier molecular flexibility index (Phi) is 10.7. The van der Waals surface area contributed by atoms with Gasteiger partial charge in [-0.3, -0.25) is 24.1 Å². The van der Waals surface area contributed by atoms with E-state index in [9.17, 15) is 19.2 Å². The van der Waals surface area contributed by atoms with Gasteiger partial charge in [-0.2, -0.15) is 0 Å². The number of halogens is 1. The molecule has 0 spiro atoms. The van der Waals surface area contributed by atoms with Crippen molar-refractivity contribution in [2.45, 2.75) is 51.5 Å². The fraction of sp³-hybridized carbons (Fsp3) is 0.353. The van der Waals surface area contributed by atoms with Gasteiger partial charge in [-0.05, 0) is 54.7 Å². The van der Waals surface area contributed by atoms with E-state index in [0.717, 1.165) is 30.4 Å². The number of rotatable bonds is 11. The maximum atomic E-state index is 13.8. The van der Waals surface area contributed by atoms with Crippen molar-refractivity contribution in [3.63, 3.8) is 0 Å². The number of carbonyl (C=O) groups is 4. The molecule has 236 valence electrons. The Hall–Kier alpha value is -4.41. The normalized spacial score (nSPS) is 17.8. The van der Waals surface area contributed by atoms with Crippen molar-refractivity contribution in [1.82, 2.24) is 10.2 Å². The van der Waals surface area contributed by atoms with Crippen molar-refractivity contribution in [1.29, 1.82) is 0 Å². The Morgan fingerprint density at radius 3 is 2.51 bits per heavy atom. The molecule has 0 saturated heterocycles. The van der Waals surface area contributed by atoms with Gasteiger partial charge in [0, 0.05) is 19.2 Å². The zero-order chi connectivity index (χ0) is 31.8. The minimum Gasteiger partial charge on any atom is -0.490 e. The van der Waals surface area contributed by atoms with Gasteiger partial charge in [0.2, 0.25) is 11.8 Å². The summed E-state index contributed by atoms with van der Waals surface area (Å²) in [5, 5.41) is 3.23. The van der Waals surface area contributed by atoms with Gasteiger partial charge >= 0.3 is 5.97 Å². The zero-order valence-corrected chi connectivity index (χ0v) is 25.8. The summed E-state index contributed by atoms with van der Waals surface area (Å²) in [6.07, 6.45) is 2.51. The van der Waals surface area contributed by atoms with Gasteiger partial charge < -0.3 is 24.4 Å². The SMILES string of the molecule is CC(=O)OCCOc1ccc(C(=O)N2CC(=O)N(CC(=O)NC3CCC[C@@H]3OCc3ccccc3)Cc3ccccc32)c(Cl)c1. The molecule has 3 aromatic carbocycles. The average Bonchev–Trinajstić information content (AvgIpc) is 3.41. The lowest BCUT2D eigenvalue weighted by Crippen LogP contribution is -2.48. The monoisotopic (exact) mass is 633 g/mol. The van der Waals surface area contributed by atoms with E-state index in [1.807, 2.05) is 42.5 Å². The molecular weight excluding hydrogens is 598 g/mol. The zero-order valence-electron chi connectivity index (χ0n) is 25.1. The first-order valence-corrected chi connectivity index (χ1v) is 15.3. The van der Waals surface area contributed by atoms with Gasteiger partial charge in [-0.15, -0.1) is 0 Å². The largest absolute Gasteiger partial charge is 0.490 e. The number of anilines is 1. The van der Waals surface area contributed by atoms with E-state index in [4.69, 9.17) is 25.8 Å². The van der Waals surface area contributed by atoms with Crippen LogP contribution in [-0.4, -0.2) is 67.0 Å². The lowest BCUT2D eigenvalue weighted by atomic mass is 10.1. The number of para-hydroxylation sites is 1. The quantitative estimate of drug-likeness (QED) is 0.244. The number of nitrogens with zero attached hydrogens (tertiary/aromatic N) is 2. The number of amides is 3. The molecule has 0 bridgehead atoms. The van der Waals surface area contributed by atoms with Crippen molar-refractivity contribution in [3.8, 4) is 5.75 Å². The summed E-state index contributed by atoms with van der Waals surface area (Å²) in [5.74, 6) is -1.09. The summed E-state index contributed by atoms with van der Waals surface area (Å²) in [4.78, 5) is 54.3. The second-order valence-corrected chi connectivity index (χ2v) is 11.4. The molecule has 1 aliphatic heterocycles. The summed E-state index contributed by atoms with van der Waals surface area (Å²) in [5.41, 5.74) is 2.57. The Morgan fingerprint density at radius 2 is 1.73 bits per heavy atom. The fourth-order valence-electron chi connectivity index (χ4n) is 5.59. The van der Waals surface area contributed by atoms with Crippen molar-refractivity contribution >= 4 is 41.0 Å². The molecule has 0 aromatic heterocycles. The Morgan fingerprint density at radius 1 is 0.956 bits per heavy atom. The lowest BCUT2D eigenvalue weighted by molar-refractivity contribution is -0.141. The van der Waals surface area contributed by atoms with E-state index in [-0.39, 0.29) is 67.4 Å². The molecule has 3 amide bonds. The summed E-state index contributed by atoms with van der Waals surface area (Å²) in [7, 11) is 0. The minimum absolute atomic E-state index is 0.0815. The molecule has 1 fully saturated rings. The number of benzene rings is 3. The molecule has 11 heteroatoms. The maximum Gasteiger partial charge on any atom is 0.302 e. The molecule has 0 radical (unpaired) electrons. The number of hydrogen-bond acceptors (Lipinski definition) is 7. The third-order valence-electron chi connectivity index (χ3n) is 7.80. The van der Waals surface area contributed by atoms with Crippen LogP contribution in [0.25, 0.3) is 0 Å². The van der Waals surface area contributed by atoms with E-state index >= 15 is 0 Å². The molecule has 2 atom stereocenters. The molecule has 1 heterocycles. The van der Waals surface area contributed by atoms with Crippen LogP contribution in [-0.2, 0) is 37.0 Å². The van der Waals surface area contributed by atoms with Gasteiger partial charge in [-0.25, -0.2) is 0 Å². The highest BCUT2D eigenvalue weighted by Gasteiger charge is 2.33. The Labute approximate surface area is 267 Å². The standard InChI is InChI=1S/C34H36ClN3O7/c1-23(39)43-16-17-44-26-14-15-27(28(35)18-26)34(42)38-21-33(41)37(19-25-10-5-6-12-30(25)38)20-32(40)36-29-11-7-13-31(29)45-22-24-8-3-2-4-9-24/h2-6,8-10,12,14-15,18,29,31H,7,11,13,16-17,19-22H2,1H3,(H,36,40)/t29?,31-/m0/s1. The molecule has 45 heavy (non-hydrogen) atoms. The van der Waals surface area contributed by atoms with Crippen molar-refractivity contribution in [2.75, 3.05) is 31.2 Å². The predicted octanol–water partition coefficient (Wildman–Crippen LogP) is 4.53. The molecule has 10 nitrogen and oxygen atoms in total. The van der Waals surface area contributed by atoms with Crippen LogP contribution < -0.4 is 15.0 Å². The van der Waals surface area contributed by atoms with E-state index in [1.54, 1.807) is 18.2 Å². The van der Waals surface area contributed by atoms with Crippen LogP contribution in [0.3, 0.4) is 0 Å². The summed E-state index contributed by atoms with van der Waals surface area (Å²) < 4.78 is 16.6. The number of esters is 1. The van der Waals surface area contributed by atoms with Crippen LogP contribution in [0.15, 0.2) is 72.8 Å². The topological polar surface area (TPSA) is 114 Å². The molecule has 1 aliphatic carbocycles. The van der Waals surface area contributed by atoms with Crippen LogP contribution in [0.4, 0.5) is 5.69 Å². The number of fused-ring (bicyclic) bond motifs is 1. The van der Waals surface area contributed by atoms with Crippen LogP contribution >= 0.6 is 11.6 Å². The van der Waals surface area contributed by atoms with Crippen molar-refractivity contribution in [3.05, 3.63) is 94.5 Å². The first-order chi connectivity index (χ1) is 21.8. The maximum absolute atomic E-state index is 13.8. The first-order valence-electron chi connectivity index (χ1n) is 15.0. The Balaban J connectivity index is 1.23. The van der Waals surface area contributed by atoms with Crippen LogP contribution in [0, 0.1) is 0 Å². The van der Waals surface area contributed by atoms with E-state index in [1.165, 1.54) is 28.9 Å². The molecule has 1 N–H and O–H groups in total. The van der Waals surface area contributed by atoms with Crippen molar-refractivity contribution in [2.24, 2.45) is 0 Å². The molecular formula is C34H36ClN3O7. The van der Waals surface area contributed by atoms with Gasteiger partial charge in [0.15, 0.2) is 0 Å². The van der Waals surface area contributed by atoms with Crippen molar-refractivity contribution < 1.29 is 33.4 Å². The lowest BCUT2D eigenvalue weighted by Gasteiger charge is -2.25. The van der Waals surface area contributed by atoms with Crippen LogP contribution in [0.5, 0.6) is 5.75 Å². The van der Waals surface area contributed by atoms with E-state index in [0.29, 0.717) is 18.0 Å². The van der Waals surface area contributed by atoms with Gasteiger partial charge in [0.25, 0.3) is 5.91 Å². The number of carbonyl (C=O) groups excluding carboxylic acids is 4. The fourth-order valence-corrected chi connectivity index (χ4v) is 5.84. The number of ether oxygens (including phenoxy) is 3. The molecule has 5 rings (SSSR count). The average molecular weight is 634 g/mol. The predicted molar refractivity (Wildman–Crippen MR) is 168 cm³/mol.